The average Bonchev–Trinajstić information content (AvgIpc) is 2.65. The van der Waals surface area contributed by atoms with Gasteiger partial charge >= 0.3 is 5.97 Å². The van der Waals surface area contributed by atoms with Gasteiger partial charge in [-0.1, -0.05) is 20.3 Å². The Hall–Kier alpha value is -1.89. The predicted octanol–water partition coefficient (Wildman–Crippen LogP) is -2.80. The molecule has 0 fully saturated rings. The number of rotatable bonds is 12. The van der Waals surface area contributed by atoms with Crippen molar-refractivity contribution in [2.75, 3.05) is 12.4 Å². The first-order chi connectivity index (χ1) is 13.0. The Morgan fingerprint density at radius 1 is 1.00 bits per heavy atom. The fourth-order valence-corrected chi connectivity index (χ4v) is 2.34. The van der Waals surface area contributed by atoms with Gasteiger partial charge in [0.05, 0.1) is 12.7 Å². The summed E-state index contributed by atoms with van der Waals surface area (Å²) in [6.07, 6.45) is -0.603. The van der Waals surface area contributed by atoms with Crippen LogP contribution in [-0.4, -0.2) is 81.6 Å². The SMILES string of the molecule is CCC(C)C(NC(=O)C(N)C(C)O)C(=O)NC(CS)C(=O)NC(CO)C(=O)O. The topological polar surface area (TPSA) is 191 Å². The van der Waals surface area contributed by atoms with Crippen molar-refractivity contribution in [2.24, 2.45) is 11.7 Å². The summed E-state index contributed by atoms with van der Waals surface area (Å²) in [4.78, 5) is 47.8. The molecule has 0 aromatic rings. The Bertz CT molecular complexity index is 561. The molecule has 11 nitrogen and oxygen atoms in total. The van der Waals surface area contributed by atoms with Crippen LogP contribution in [0.15, 0.2) is 0 Å². The normalized spacial score (nSPS) is 17.4. The smallest absolute Gasteiger partial charge is 0.328 e. The molecule has 12 heteroatoms. The van der Waals surface area contributed by atoms with Crippen molar-refractivity contribution in [1.82, 2.24) is 16.0 Å². The van der Waals surface area contributed by atoms with Gasteiger partial charge < -0.3 is 37.0 Å². The van der Waals surface area contributed by atoms with Gasteiger partial charge in [0, 0.05) is 5.75 Å². The summed E-state index contributed by atoms with van der Waals surface area (Å²) in [6.45, 7) is 4.02. The molecular weight excluding hydrogens is 392 g/mol. The Labute approximate surface area is 168 Å². The maximum atomic E-state index is 12.6. The fourth-order valence-electron chi connectivity index (χ4n) is 2.08. The lowest BCUT2D eigenvalue weighted by Crippen LogP contribution is -2.60. The zero-order valence-electron chi connectivity index (χ0n) is 16.1. The van der Waals surface area contributed by atoms with Crippen molar-refractivity contribution in [2.45, 2.75) is 57.5 Å². The van der Waals surface area contributed by atoms with E-state index >= 15 is 0 Å². The lowest BCUT2D eigenvalue weighted by molar-refractivity contribution is -0.143. The van der Waals surface area contributed by atoms with Crippen molar-refractivity contribution >= 4 is 36.3 Å². The molecule has 0 saturated carbocycles. The number of carboxylic acid groups (broad SMARTS) is 1. The van der Waals surface area contributed by atoms with E-state index in [1.54, 1.807) is 13.8 Å². The standard InChI is InChI=1S/C16H30N4O7S/c1-4-7(2)12(20-14(24)11(17)8(3)22)15(25)19-10(6-28)13(23)18-9(5-21)16(26)27/h7-12,21-22,28H,4-6,17H2,1-3H3,(H,18,23)(H,19,25)(H,20,24)(H,26,27). The molecule has 162 valence electrons. The first-order valence-electron chi connectivity index (χ1n) is 8.79. The van der Waals surface area contributed by atoms with Crippen LogP contribution in [0.2, 0.25) is 0 Å². The van der Waals surface area contributed by atoms with E-state index in [9.17, 15) is 24.3 Å². The largest absolute Gasteiger partial charge is 0.480 e. The van der Waals surface area contributed by atoms with E-state index in [0.29, 0.717) is 6.42 Å². The molecule has 8 N–H and O–H groups in total. The van der Waals surface area contributed by atoms with Crippen LogP contribution in [0.5, 0.6) is 0 Å². The van der Waals surface area contributed by atoms with Crippen LogP contribution >= 0.6 is 12.6 Å². The van der Waals surface area contributed by atoms with Crippen LogP contribution in [0.4, 0.5) is 0 Å². The van der Waals surface area contributed by atoms with Crippen molar-refractivity contribution < 1.29 is 34.5 Å². The molecule has 0 spiro atoms. The molecule has 0 aliphatic rings. The Kier molecular flexibility index (Phi) is 11.7. The summed E-state index contributed by atoms with van der Waals surface area (Å²) in [6, 6.07) is -4.99. The van der Waals surface area contributed by atoms with Gasteiger partial charge in [-0.15, -0.1) is 0 Å². The molecule has 3 amide bonds. The average molecular weight is 423 g/mol. The Morgan fingerprint density at radius 3 is 1.93 bits per heavy atom. The first-order valence-corrected chi connectivity index (χ1v) is 9.42. The minimum absolute atomic E-state index is 0.149. The van der Waals surface area contributed by atoms with E-state index in [-0.39, 0.29) is 11.7 Å². The van der Waals surface area contributed by atoms with Crippen LogP contribution in [0.3, 0.4) is 0 Å². The van der Waals surface area contributed by atoms with Crippen LogP contribution < -0.4 is 21.7 Å². The number of aliphatic hydroxyl groups is 2. The second-order valence-corrected chi connectivity index (χ2v) is 6.83. The van der Waals surface area contributed by atoms with E-state index in [4.69, 9.17) is 15.9 Å². The second kappa shape index (κ2) is 12.5. The van der Waals surface area contributed by atoms with E-state index in [2.05, 4.69) is 28.6 Å². The number of carbonyl (C=O) groups excluding carboxylic acids is 3. The van der Waals surface area contributed by atoms with Crippen LogP contribution in [0, 0.1) is 5.92 Å². The highest BCUT2D eigenvalue weighted by atomic mass is 32.1. The van der Waals surface area contributed by atoms with Crippen molar-refractivity contribution in [1.29, 1.82) is 0 Å². The highest BCUT2D eigenvalue weighted by Gasteiger charge is 2.32. The van der Waals surface area contributed by atoms with Crippen LogP contribution in [-0.2, 0) is 19.2 Å². The lowest BCUT2D eigenvalue weighted by Gasteiger charge is -2.27. The Balaban J connectivity index is 5.23. The number of aliphatic hydroxyl groups excluding tert-OH is 2. The van der Waals surface area contributed by atoms with E-state index in [0.717, 1.165) is 0 Å². The molecule has 0 bridgehead atoms. The molecule has 0 heterocycles. The number of carbonyl (C=O) groups is 4. The summed E-state index contributed by atoms with van der Waals surface area (Å²) >= 11 is 3.98. The van der Waals surface area contributed by atoms with Crippen molar-refractivity contribution in [3.05, 3.63) is 0 Å². The number of thiol groups is 1. The maximum Gasteiger partial charge on any atom is 0.328 e. The highest BCUT2D eigenvalue weighted by molar-refractivity contribution is 7.80. The minimum Gasteiger partial charge on any atom is -0.480 e. The summed E-state index contributed by atoms with van der Waals surface area (Å²) in [5, 5.41) is 34.3. The molecule has 0 aromatic carbocycles. The summed E-state index contributed by atoms with van der Waals surface area (Å²) < 4.78 is 0. The number of nitrogens with two attached hydrogens (primary N) is 1. The number of carboxylic acids is 1. The number of hydrogen-bond donors (Lipinski definition) is 8. The van der Waals surface area contributed by atoms with Gasteiger partial charge in [0.25, 0.3) is 0 Å². The summed E-state index contributed by atoms with van der Waals surface area (Å²) in [5.41, 5.74) is 5.57. The number of hydrogen-bond acceptors (Lipinski definition) is 8. The molecule has 0 rings (SSSR count). The van der Waals surface area contributed by atoms with Gasteiger partial charge in [0.2, 0.25) is 17.7 Å². The van der Waals surface area contributed by atoms with Crippen LogP contribution in [0.25, 0.3) is 0 Å². The monoisotopic (exact) mass is 422 g/mol. The third-order valence-corrected chi connectivity index (χ3v) is 4.59. The molecule has 0 aliphatic carbocycles. The maximum absolute atomic E-state index is 12.6. The van der Waals surface area contributed by atoms with Crippen molar-refractivity contribution in [3.63, 3.8) is 0 Å². The van der Waals surface area contributed by atoms with Crippen molar-refractivity contribution in [3.8, 4) is 0 Å². The zero-order valence-corrected chi connectivity index (χ0v) is 17.0. The van der Waals surface area contributed by atoms with E-state index in [1.165, 1.54) is 6.92 Å². The van der Waals surface area contributed by atoms with Gasteiger partial charge in [-0.25, -0.2) is 4.79 Å². The lowest BCUT2D eigenvalue weighted by atomic mass is 9.97. The molecular formula is C16H30N4O7S. The molecule has 6 atom stereocenters. The molecule has 0 saturated heterocycles. The quantitative estimate of drug-likeness (QED) is 0.155. The summed E-state index contributed by atoms with van der Waals surface area (Å²) in [7, 11) is 0. The number of nitrogens with one attached hydrogen (secondary N) is 3. The molecule has 28 heavy (non-hydrogen) atoms. The molecule has 0 aromatic heterocycles. The zero-order chi connectivity index (χ0) is 22.0. The predicted molar refractivity (Wildman–Crippen MR) is 103 cm³/mol. The van der Waals surface area contributed by atoms with Gasteiger partial charge in [-0.05, 0) is 12.8 Å². The van der Waals surface area contributed by atoms with E-state index < -0.39 is 60.6 Å². The van der Waals surface area contributed by atoms with Gasteiger partial charge in [-0.2, -0.15) is 12.6 Å². The third kappa shape index (κ3) is 8.00. The third-order valence-electron chi connectivity index (χ3n) is 4.23. The van der Waals surface area contributed by atoms with E-state index in [1.807, 2.05) is 0 Å². The molecule has 6 unspecified atom stereocenters. The molecule has 0 radical (unpaired) electrons. The van der Waals surface area contributed by atoms with Crippen LogP contribution in [0.1, 0.15) is 27.2 Å². The summed E-state index contributed by atoms with van der Waals surface area (Å²) in [5.74, 6) is -4.17. The number of aliphatic carboxylic acids is 1. The highest BCUT2D eigenvalue weighted by Crippen LogP contribution is 2.09. The first kappa shape index (κ1) is 26.1. The van der Waals surface area contributed by atoms with Gasteiger partial charge in [0.1, 0.15) is 24.2 Å². The minimum atomic E-state index is -1.53. The van der Waals surface area contributed by atoms with Gasteiger partial charge in [0.15, 0.2) is 0 Å². The van der Waals surface area contributed by atoms with Gasteiger partial charge in [-0.3, -0.25) is 14.4 Å². The fraction of sp³-hybridized carbons (Fsp3) is 0.750. The second-order valence-electron chi connectivity index (χ2n) is 6.46. The Morgan fingerprint density at radius 2 is 1.54 bits per heavy atom. The number of amides is 3. The molecule has 0 aliphatic heterocycles.